The summed E-state index contributed by atoms with van der Waals surface area (Å²) in [5.41, 5.74) is 1.34. The Balaban J connectivity index is 2.00. The third-order valence-electron chi connectivity index (χ3n) is 3.57. The summed E-state index contributed by atoms with van der Waals surface area (Å²) in [6.07, 6.45) is 3.22. The number of nitrogens with zero attached hydrogens (tertiary/aromatic N) is 2. The summed E-state index contributed by atoms with van der Waals surface area (Å²) in [7, 11) is 3.20. The monoisotopic (exact) mass is 309 g/mol. The first-order chi connectivity index (χ1) is 11.1. The maximum absolute atomic E-state index is 12.4. The zero-order chi connectivity index (χ0) is 16.4. The number of fused-ring (bicyclic) bond motifs is 1. The molecule has 23 heavy (non-hydrogen) atoms. The SMILES string of the molecule is COc1ccc(NC(=O)c2ccn(C)c(=O)c2)c2cccnc12. The molecule has 0 unspecified atom stereocenters. The number of hydrogen-bond donors (Lipinski definition) is 1. The van der Waals surface area contributed by atoms with Crippen molar-refractivity contribution in [2.45, 2.75) is 0 Å². The minimum absolute atomic E-state index is 0.237. The molecule has 0 fully saturated rings. The van der Waals surface area contributed by atoms with Gasteiger partial charge in [0, 0.05) is 36.5 Å². The molecular weight excluding hydrogens is 294 g/mol. The Morgan fingerprint density at radius 2 is 2.09 bits per heavy atom. The van der Waals surface area contributed by atoms with Crippen LogP contribution >= 0.6 is 0 Å². The van der Waals surface area contributed by atoms with E-state index in [1.165, 1.54) is 10.6 Å². The molecule has 0 atom stereocenters. The lowest BCUT2D eigenvalue weighted by Crippen LogP contribution is -2.20. The molecule has 0 radical (unpaired) electrons. The van der Waals surface area contributed by atoms with Crippen LogP contribution in [0.25, 0.3) is 10.9 Å². The van der Waals surface area contributed by atoms with Gasteiger partial charge in [-0.05, 0) is 30.3 Å². The van der Waals surface area contributed by atoms with Crippen molar-refractivity contribution in [1.82, 2.24) is 9.55 Å². The van der Waals surface area contributed by atoms with Crippen molar-refractivity contribution >= 4 is 22.5 Å². The van der Waals surface area contributed by atoms with E-state index in [-0.39, 0.29) is 11.5 Å². The molecule has 3 aromatic rings. The molecule has 0 bridgehead atoms. The maximum Gasteiger partial charge on any atom is 0.255 e. The van der Waals surface area contributed by atoms with E-state index in [2.05, 4.69) is 10.3 Å². The smallest absolute Gasteiger partial charge is 0.255 e. The predicted octanol–water partition coefficient (Wildman–Crippen LogP) is 2.19. The van der Waals surface area contributed by atoms with Gasteiger partial charge in [0.15, 0.2) is 0 Å². The molecule has 0 saturated carbocycles. The summed E-state index contributed by atoms with van der Waals surface area (Å²) in [6, 6.07) is 10.0. The van der Waals surface area contributed by atoms with Gasteiger partial charge >= 0.3 is 0 Å². The number of nitrogens with one attached hydrogen (secondary N) is 1. The van der Waals surface area contributed by atoms with Gasteiger partial charge in [0.2, 0.25) is 0 Å². The maximum atomic E-state index is 12.4. The van der Waals surface area contributed by atoms with E-state index in [9.17, 15) is 9.59 Å². The van der Waals surface area contributed by atoms with Gasteiger partial charge < -0.3 is 14.6 Å². The largest absolute Gasteiger partial charge is 0.494 e. The zero-order valence-corrected chi connectivity index (χ0v) is 12.7. The van der Waals surface area contributed by atoms with E-state index < -0.39 is 0 Å². The number of benzene rings is 1. The molecule has 3 rings (SSSR count). The van der Waals surface area contributed by atoms with Crippen LogP contribution in [0.2, 0.25) is 0 Å². The number of hydrogen-bond acceptors (Lipinski definition) is 4. The Labute approximate surface area is 132 Å². The molecule has 0 aliphatic rings. The molecule has 116 valence electrons. The highest BCUT2D eigenvalue weighted by molar-refractivity contribution is 6.09. The number of methoxy groups -OCH3 is 1. The van der Waals surface area contributed by atoms with Gasteiger partial charge in [0.1, 0.15) is 11.3 Å². The van der Waals surface area contributed by atoms with E-state index >= 15 is 0 Å². The topological polar surface area (TPSA) is 73.2 Å². The summed E-state index contributed by atoms with van der Waals surface area (Å²) in [4.78, 5) is 28.3. The number of anilines is 1. The standard InChI is InChI=1S/C17H15N3O3/c1-20-9-7-11(10-15(20)21)17(22)19-13-5-6-14(23-2)16-12(13)4-3-8-18-16/h3-10H,1-2H3,(H,19,22). The molecule has 0 saturated heterocycles. The highest BCUT2D eigenvalue weighted by atomic mass is 16.5. The summed E-state index contributed by atoms with van der Waals surface area (Å²) in [5.74, 6) is 0.283. The molecule has 6 nitrogen and oxygen atoms in total. The molecule has 0 spiro atoms. The van der Waals surface area contributed by atoms with Crippen LogP contribution in [0.1, 0.15) is 10.4 Å². The number of carbonyl (C=O) groups is 1. The Kier molecular flexibility index (Phi) is 3.80. The lowest BCUT2D eigenvalue weighted by Gasteiger charge is -2.11. The Morgan fingerprint density at radius 3 is 2.83 bits per heavy atom. The highest BCUT2D eigenvalue weighted by Gasteiger charge is 2.12. The van der Waals surface area contributed by atoms with Crippen LogP contribution < -0.4 is 15.6 Å². The first-order valence-electron chi connectivity index (χ1n) is 7.00. The average Bonchev–Trinajstić information content (AvgIpc) is 2.57. The van der Waals surface area contributed by atoms with Crippen molar-refractivity contribution in [2.75, 3.05) is 12.4 Å². The fraction of sp³-hybridized carbons (Fsp3) is 0.118. The fourth-order valence-electron chi connectivity index (χ4n) is 2.30. The first kappa shape index (κ1) is 14.8. The number of aryl methyl sites for hydroxylation is 1. The van der Waals surface area contributed by atoms with Crippen LogP contribution in [0.4, 0.5) is 5.69 Å². The first-order valence-corrected chi connectivity index (χ1v) is 7.00. The van der Waals surface area contributed by atoms with Crippen LogP contribution in [0.3, 0.4) is 0 Å². The lowest BCUT2D eigenvalue weighted by molar-refractivity contribution is 0.102. The average molecular weight is 309 g/mol. The van der Waals surface area contributed by atoms with Gasteiger partial charge in [-0.1, -0.05) is 0 Å². The normalized spacial score (nSPS) is 10.5. The number of carbonyl (C=O) groups excluding carboxylic acids is 1. The van der Waals surface area contributed by atoms with Gasteiger partial charge in [-0.25, -0.2) is 0 Å². The number of pyridine rings is 2. The van der Waals surface area contributed by atoms with E-state index in [1.54, 1.807) is 50.8 Å². The molecular formula is C17H15N3O3. The Morgan fingerprint density at radius 1 is 1.26 bits per heavy atom. The predicted molar refractivity (Wildman–Crippen MR) is 87.9 cm³/mol. The van der Waals surface area contributed by atoms with Gasteiger partial charge in [0.05, 0.1) is 12.8 Å². The highest BCUT2D eigenvalue weighted by Crippen LogP contribution is 2.29. The number of amides is 1. The molecule has 2 aromatic heterocycles. The van der Waals surface area contributed by atoms with Crippen LogP contribution in [0.5, 0.6) is 5.75 Å². The number of rotatable bonds is 3. The van der Waals surface area contributed by atoms with E-state index in [0.29, 0.717) is 22.5 Å². The van der Waals surface area contributed by atoms with Crippen LogP contribution in [0, 0.1) is 0 Å². The van der Waals surface area contributed by atoms with Crippen molar-refractivity contribution in [2.24, 2.45) is 7.05 Å². The molecule has 0 aliphatic heterocycles. The van der Waals surface area contributed by atoms with Crippen molar-refractivity contribution in [3.8, 4) is 5.75 Å². The third-order valence-corrected chi connectivity index (χ3v) is 3.57. The Hall–Kier alpha value is -3.15. The number of aromatic nitrogens is 2. The van der Waals surface area contributed by atoms with Crippen molar-refractivity contribution in [1.29, 1.82) is 0 Å². The second-order valence-electron chi connectivity index (χ2n) is 5.03. The van der Waals surface area contributed by atoms with Gasteiger partial charge in [-0.3, -0.25) is 14.6 Å². The molecule has 1 N–H and O–H groups in total. The molecule has 1 amide bonds. The summed E-state index contributed by atoms with van der Waals surface area (Å²) in [5, 5.41) is 3.58. The van der Waals surface area contributed by atoms with Crippen molar-refractivity contribution in [3.05, 3.63) is 64.7 Å². The second kappa shape index (κ2) is 5.92. The van der Waals surface area contributed by atoms with E-state index in [0.717, 1.165) is 5.39 Å². The zero-order valence-electron chi connectivity index (χ0n) is 12.7. The summed E-state index contributed by atoms with van der Waals surface area (Å²) >= 11 is 0. The van der Waals surface area contributed by atoms with Gasteiger partial charge in [-0.2, -0.15) is 0 Å². The van der Waals surface area contributed by atoms with Crippen molar-refractivity contribution in [3.63, 3.8) is 0 Å². The summed E-state index contributed by atoms with van der Waals surface area (Å²) < 4.78 is 6.69. The van der Waals surface area contributed by atoms with Gasteiger partial charge in [0.25, 0.3) is 11.5 Å². The second-order valence-corrected chi connectivity index (χ2v) is 5.03. The minimum atomic E-state index is -0.349. The van der Waals surface area contributed by atoms with E-state index in [1.807, 2.05) is 6.07 Å². The summed E-state index contributed by atoms with van der Waals surface area (Å²) in [6.45, 7) is 0. The molecule has 1 aromatic carbocycles. The van der Waals surface area contributed by atoms with Crippen molar-refractivity contribution < 1.29 is 9.53 Å². The minimum Gasteiger partial charge on any atom is -0.494 e. The van der Waals surface area contributed by atoms with Crippen LogP contribution in [0.15, 0.2) is 53.6 Å². The number of ether oxygens (including phenoxy) is 1. The van der Waals surface area contributed by atoms with Crippen LogP contribution in [-0.2, 0) is 7.05 Å². The molecule has 6 heteroatoms. The fourth-order valence-corrected chi connectivity index (χ4v) is 2.30. The molecule has 0 aliphatic carbocycles. The van der Waals surface area contributed by atoms with Crippen LogP contribution in [-0.4, -0.2) is 22.6 Å². The van der Waals surface area contributed by atoms with Gasteiger partial charge in [-0.15, -0.1) is 0 Å². The van der Waals surface area contributed by atoms with E-state index in [4.69, 9.17) is 4.74 Å². The third kappa shape index (κ3) is 2.78. The lowest BCUT2D eigenvalue weighted by atomic mass is 10.1. The quantitative estimate of drug-likeness (QED) is 0.805. The Bertz CT molecular complexity index is 947. The molecule has 2 heterocycles.